The number of benzene rings is 1. The zero-order chi connectivity index (χ0) is 26.3. The van der Waals surface area contributed by atoms with Crippen molar-refractivity contribution in [1.82, 2.24) is 20.5 Å². The number of rotatable bonds is 7. The monoisotopic (exact) mass is 520 g/mol. The van der Waals surface area contributed by atoms with E-state index in [1.54, 1.807) is 40.6 Å². The molecule has 3 rings (SSSR count). The molecule has 1 saturated heterocycles. The van der Waals surface area contributed by atoms with Gasteiger partial charge in [0, 0.05) is 30.0 Å². The van der Waals surface area contributed by atoms with Crippen LogP contribution in [-0.4, -0.2) is 59.5 Å². The summed E-state index contributed by atoms with van der Waals surface area (Å²) in [7, 11) is 0. The van der Waals surface area contributed by atoms with Crippen LogP contribution in [-0.2, 0) is 9.53 Å². The zero-order valence-electron chi connectivity index (χ0n) is 20.4. The largest absolute Gasteiger partial charge is 0.444 e. The predicted octanol–water partition coefficient (Wildman–Crippen LogP) is 4.41. The highest BCUT2D eigenvalue weighted by atomic mass is 32.1. The van der Waals surface area contributed by atoms with Crippen molar-refractivity contribution < 1.29 is 27.9 Å². The second-order valence-electron chi connectivity index (χ2n) is 9.33. The first-order valence-electron chi connectivity index (χ1n) is 11.6. The Balaban J connectivity index is 1.69. The van der Waals surface area contributed by atoms with Crippen molar-refractivity contribution >= 4 is 35.3 Å². The number of carbonyl (C=O) groups excluding carboxylic acids is 3. The molecular formula is C25H30F2N4O4S. The van der Waals surface area contributed by atoms with Crippen LogP contribution in [0.2, 0.25) is 0 Å². The summed E-state index contributed by atoms with van der Waals surface area (Å²) in [6, 6.07) is 8.26. The molecule has 3 amide bonds. The van der Waals surface area contributed by atoms with E-state index in [2.05, 4.69) is 15.6 Å². The second kappa shape index (κ2) is 12.1. The predicted molar refractivity (Wildman–Crippen MR) is 133 cm³/mol. The summed E-state index contributed by atoms with van der Waals surface area (Å²) < 4.78 is 30.7. The van der Waals surface area contributed by atoms with E-state index in [1.807, 2.05) is 20.8 Å². The van der Waals surface area contributed by atoms with Crippen LogP contribution in [0.3, 0.4) is 0 Å². The van der Waals surface area contributed by atoms with E-state index in [-0.39, 0.29) is 17.7 Å². The highest BCUT2D eigenvalue weighted by molar-refractivity contribution is 7.09. The summed E-state index contributed by atoms with van der Waals surface area (Å²) >= 11 is 1.41. The second-order valence-corrected chi connectivity index (χ2v) is 10.2. The Morgan fingerprint density at radius 1 is 1.19 bits per heavy atom. The molecule has 0 bridgehead atoms. The molecule has 0 unspecified atom stereocenters. The number of hydrogen-bond donors (Lipinski definition) is 2. The van der Waals surface area contributed by atoms with Crippen molar-refractivity contribution in [1.29, 1.82) is 0 Å². The van der Waals surface area contributed by atoms with E-state index >= 15 is 0 Å². The molecule has 11 heteroatoms. The number of carbonyl (C=O) groups is 3. The lowest BCUT2D eigenvalue weighted by Gasteiger charge is -2.32. The maximum absolute atomic E-state index is 12.6. The Kier molecular flexibility index (Phi) is 9.14. The first-order chi connectivity index (χ1) is 17.0. The van der Waals surface area contributed by atoms with Gasteiger partial charge in [-0.1, -0.05) is 18.2 Å². The van der Waals surface area contributed by atoms with Crippen molar-refractivity contribution in [3.8, 4) is 0 Å². The lowest BCUT2D eigenvalue weighted by Crippen LogP contribution is -2.41. The van der Waals surface area contributed by atoms with Gasteiger partial charge in [-0.2, -0.15) is 0 Å². The fourth-order valence-corrected chi connectivity index (χ4v) is 4.49. The van der Waals surface area contributed by atoms with E-state index in [9.17, 15) is 23.2 Å². The first kappa shape index (κ1) is 27.3. The maximum Gasteiger partial charge on any atom is 0.410 e. The van der Waals surface area contributed by atoms with Crippen LogP contribution < -0.4 is 10.6 Å². The number of piperidine rings is 1. The number of likely N-dealkylation sites (tertiary alicyclic amines) is 1. The molecule has 2 heterocycles. The minimum atomic E-state index is -2.72. The average Bonchev–Trinajstić information content (AvgIpc) is 3.30. The van der Waals surface area contributed by atoms with Gasteiger partial charge in [0.05, 0.1) is 17.2 Å². The molecule has 36 heavy (non-hydrogen) atoms. The molecule has 0 atom stereocenters. The number of aromatic nitrogens is 1. The smallest absolute Gasteiger partial charge is 0.410 e. The van der Waals surface area contributed by atoms with Gasteiger partial charge in [-0.3, -0.25) is 9.59 Å². The number of amides is 3. The summed E-state index contributed by atoms with van der Waals surface area (Å²) in [4.78, 5) is 43.7. The molecule has 2 N–H and O–H groups in total. The fraction of sp³-hybridized carbons (Fsp3) is 0.440. The minimum Gasteiger partial charge on any atom is -0.444 e. The summed E-state index contributed by atoms with van der Waals surface area (Å²) in [5, 5.41) is 7.20. The first-order valence-corrected chi connectivity index (χ1v) is 12.5. The van der Waals surface area contributed by atoms with Crippen molar-refractivity contribution in [3.63, 3.8) is 0 Å². The fourth-order valence-electron chi connectivity index (χ4n) is 3.55. The topological polar surface area (TPSA) is 101 Å². The van der Waals surface area contributed by atoms with Crippen LogP contribution in [0.5, 0.6) is 0 Å². The third-order valence-electron chi connectivity index (χ3n) is 5.27. The zero-order valence-corrected chi connectivity index (χ0v) is 21.2. The van der Waals surface area contributed by atoms with Crippen LogP contribution in [0.25, 0.3) is 6.08 Å². The molecule has 2 aromatic rings. The van der Waals surface area contributed by atoms with E-state index in [0.29, 0.717) is 37.2 Å². The van der Waals surface area contributed by atoms with Crippen molar-refractivity contribution in [2.75, 3.05) is 19.6 Å². The molecule has 1 aromatic carbocycles. The molecular weight excluding hydrogens is 490 g/mol. The number of hydrogen-bond acceptors (Lipinski definition) is 6. The molecule has 194 valence electrons. The average molecular weight is 521 g/mol. The molecule has 1 fully saturated rings. The lowest BCUT2D eigenvalue weighted by atomic mass is 9.98. The van der Waals surface area contributed by atoms with Crippen molar-refractivity contribution in [2.45, 2.75) is 51.6 Å². The Bertz CT molecular complexity index is 1090. The highest BCUT2D eigenvalue weighted by Gasteiger charge is 2.28. The number of halogens is 2. The summed E-state index contributed by atoms with van der Waals surface area (Å²) in [6.45, 7) is 5.72. The normalized spacial score (nSPS) is 15.1. The standard InChI is InChI=1S/C25H30F2N4O4S/c1-25(2,3)35-24(34)31-11-9-17(10-12-31)23-29-18(15-36-23)13-19(22(33)28-14-20(26)27)30-21(32)16-7-5-4-6-8-16/h4-8,13,15,17,20H,9-12,14H2,1-3H3,(H,28,33)(H,30,32)/b19-13-. The van der Waals surface area contributed by atoms with Gasteiger partial charge in [0.25, 0.3) is 18.2 Å². The minimum absolute atomic E-state index is 0.130. The van der Waals surface area contributed by atoms with Crippen LogP contribution >= 0.6 is 11.3 Å². The molecule has 8 nitrogen and oxygen atoms in total. The van der Waals surface area contributed by atoms with Gasteiger partial charge in [-0.05, 0) is 51.8 Å². The van der Waals surface area contributed by atoms with Crippen molar-refractivity contribution in [3.05, 3.63) is 57.7 Å². The van der Waals surface area contributed by atoms with Crippen LogP contribution in [0, 0.1) is 0 Å². The van der Waals surface area contributed by atoms with Gasteiger partial charge >= 0.3 is 6.09 Å². The van der Waals surface area contributed by atoms with Crippen molar-refractivity contribution in [2.24, 2.45) is 0 Å². The van der Waals surface area contributed by atoms with Gasteiger partial charge in [0.15, 0.2) is 0 Å². The quantitative estimate of drug-likeness (QED) is 0.527. The number of thiazole rings is 1. The van der Waals surface area contributed by atoms with Gasteiger partial charge in [0.2, 0.25) is 0 Å². The third kappa shape index (κ3) is 8.11. The number of alkyl halides is 2. The van der Waals surface area contributed by atoms with E-state index in [4.69, 9.17) is 4.74 Å². The Morgan fingerprint density at radius 3 is 2.47 bits per heavy atom. The SMILES string of the molecule is CC(C)(C)OC(=O)N1CCC(c2nc(/C=C(\NC(=O)c3ccccc3)C(=O)NCC(F)F)cs2)CC1. The molecule has 1 aliphatic heterocycles. The molecule has 0 spiro atoms. The number of ether oxygens (including phenoxy) is 1. The summed E-state index contributed by atoms with van der Waals surface area (Å²) in [5.41, 5.74) is 0.0155. The Morgan fingerprint density at radius 2 is 1.86 bits per heavy atom. The molecule has 0 aliphatic carbocycles. The van der Waals surface area contributed by atoms with Crippen LogP contribution in [0.1, 0.15) is 60.6 Å². The molecule has 1 aromatic heterocycles. The van der Waals surface area contributed by atoms with Crippen LogP contribution in [0.4, 0.5) is 13.6 Å². The molecule has 1 aliphatic rings. The summed E-state index contributed by atoms with van der Waals surface area (Å²) in [6.07, 6.45) is -0.267. The maximum atomic E-state index is 12.6. The summed E-state index contributed by atoms with van der Waals surface area (Å²) in [5.74, 6) is -1.25. The van der Waals surface area contributed by atoms with Gasteiger partial charge in [0.1, 0.15) is 11.3 Å². The van der Waals surface area contributed by atoms with Gasteiger partial charge < -0.3 is 20.3 Å². The number of nitrogens with one attached hydrogen (secondary N) is 2. The third-order valence-corrected chi connectivity index (χ3v) is 6.30. The van der Waals surface area contributed by atoms with E-state index < -0.39 is 30.4 Å². The lowest BCUT2D eigenvalue weighted by molar-refractivity contribution is -0.118. The number of nitrogens with zero attached hydrogens (tertiary/aromatic N) is 2. The highest BCUT2D eigenvalue weighted by Crippen LogP contribution is 2.31. The van der Waals surface area contributed by atoms with Gasteiger partial charge in [-0.25, -0.2) is 18.6 Å². The van der Waals surface area contributed by atoms with Gasteiger partial charge in [-0.15, -0.1) is 11.3 Å². The Labute approximate surface area is 212 Å². The Hall–Kier alpha value is -3.34. The molecule has 0 saturated carbocycles. The van der Waals surface area contributed by atoms with E-state index in [0.717, 1.165) is 5.01 Å². The molecule has 0 radical (unpaired) electrons. The van der Waals surface area contributed by atoms with E-state index in [1.165, 1.54) is 17.4 Å². The van der Waals surface area contributed by atoms with Crippen LogP contribution in [0.15, 0.2) is 41.4 Å².